The maximum Gasteiger partial charge on any atom is 0.312 e. The van der Waals surface area contributed by atoms with Crippen LogP contribution in [0.25, 0.3) is 0 Å². The second-order valence-electron chi connectivity index (χ2n) is 6.15. The molecular weight excluding hydrogens is 268 g/mol. The summed E-state index contributed by atoms with van der Waals surface area (Å²) in [6, 6.07) is 0. The van der Waals surface area contributed by atoms with Gasteiger partial charge in [-0.1, -0.05) is 0 Å². The van der Waals surface area contributed by atoms with Gasteiger partial charge >= 0.3 is 8.56 Å². The van der Waals surface area contributed by atoms with Gasteiger partial charge < -0.3 is 16.7 Å². The highest BCUT2D eigenvalue weighted by atomic mass is 28.5. The van der Waals surface area contributed by atoms with Crippen LogP contribution in [0.3, 0.4) is 0 Å². The molecule has 1 rings (SSSR count). The minimum Gasteiger partial charge on any atom is -0.425 e. The summed E-state index contributed by atoms with van der Waals surface area (Å²) in [5.41, 5.74) is 0. The molecule has 8 heteroatoms. The number of hydrogen-bond donors (Lipinski definition) is 0. The Labute approximate surface area is 106 Å². The maximum atomic E-state index is 6.33. The van der Waals surface area contributed by atoms with Gasteiger partial charge in [0.05, 0.1) is 0 Å². The first kappa shape index (κ1) is 14.8. The summed E-state index contributed by atoms with van der Waals surface area (Å²) in [5, 5.41) is 0. The van der Waals surface area contributed by atoms with E-state index in [1.165, 1.54) is 0 Å². The molecule has 0 radical (unpaired) electrons. The summed E-state index contributed by atoms with van der Waals surface area (Å²) in [6.45, 7) is 13.7. The second-order valence-corrected chi connectivity index (χ2v) is 21.3. The van der Waals surface area contributed by atoms with Gasteiger partial charge in [0.25, 0.3) is 0 Å². The molecule has 0 aromatic rings. The molecule has 0 N–H and O–H groups in total. The van der Waals surface area contributed by atoms with Crippen LogP contribution in [0.5, 0.6) is 0 Å². The Hall–Kier alpha value is 0.708. The van der Waals surface area contributed by atoms with E-state index in [0.29, 0.717) is 0 Å². The van der Waals surface area contributed by atoms with E-state index < -0.39 is 35.4 Å². The molecule has 1 aliphatic heterocycles. The zero-order valence-corrected chi connectivity index (χ0v) is 16.3. The van der Waals surface area contributed by atoms with Crippen molar-refractivity contribution in [3.8, 4) is 0 Å². The van der Waals surface area contributed by atoms with Gasteiger partial charge in [-0.3, -0.25) is 0 Å². The van der Waals surface area contributed by atoms with Crippen molar-refractivity contribution in [2.24, 2.45) is 0 Å². The number of hydrogen-bond acceptors (Lipinski definition) is 4. The molecule has 16 heavy (non-hydrogen) atoms. The first-order valence-electron chi connectivity index (χ1n) is 5.79. The van der Waals surface area contributed by atoms with E-state index in [2.05, 4.69) is 61.8 Å². The molecule has 1 saturated heterocycles. The van der Waals surface area contributed by atoms with Crippen LogP contribution < -0.4 is 0 Å². The molecule has 96 valence electrons. The van der Waals surface area contributed by atoms with Gasteiger partial charge in [-0.15, -0.1) is 0 Å². The van der Waals surface area contributed by atoms with Crippen molar-refractivity contribution < 1.29 is 8.23 Å². The van der Waals surface area contributed by atoms with Crippen molar-refractivity contribution in [3.05, 3.63) is 0 Å². The molecule has 0 bridgehead atoms. The predicted molar refractivity (Wildman–Crippen MR) is 78.7 cm³/mol. The molecule has 0 amide bonds. The van der Waals surface area contributed by atoms with Crippen molar-refractivity contribution in [1.29, 1.82) is 0 Å². The van der Waals surface area contributed by atoms with Crippen molar-refractivity contribution in [2.45, 2.75) is 39.3 Å². The van der Waals surface area contributed by atoms with Crippen molar-refractivity contribution in [2.75, 3.05) is 14.1 Å². The monoisotopic (exact) mass is 294 g/mol. The molecule has 0 aromatic carbocycles. The summed E-state index contributed by atoms with van der Waals surface area (Å²) < 4.78 is 17.7. The Morgan fingerprint density at radius 3 is 1.56 bits per heavy atom. The van der Waals surface area contributed by atoms with Crippen molar-refractivity contribution in [3.63, 3.8) is 0 Å². The van der Waals surface area contributed by atoms with E-state index in [9.17, 15) is 0 Å². The second kappa shape index (κ2) is 4.43. The first-order valence-corrected chi connectivity index (χ1v) is 15.6. The van der Waals surface area contributed by atoms with Gasteiger partial charge in [-0.05, 0) is 53.4 Å². The Bertz CT molecular complexity index is 251. The molecule has 0 spiro atoms. The zero-order chi connectivity index (χ0) is 12.8. The molecule has 1 heterocycles. The van der Waals surface area contributed by atoms with Crippen LogP contribution in [0.2, 0.25) is 39.3 Å². The minimum atomic E-state index is -1.87. The van der Waals surface area contributed by atoms with Gasteiger partial charge in [0.2, 0.25) is 17.0 Å². The Morgan fingerprint density at radius 1 is 0.875 bits per heavy atom. The normalized spacial score (nSPS) is 29.1. The Kier molecular flexibility index (Phi) is 4.08. The largest absolute Gasteiger partial charge is 0.425 e. The number of rotatable bonds is 2. The van der Waals surface area contributed by atoms with E-state index in [4.69, 9.17) is 8.23 Å². The quantitative estimate of drug-likeness (QED) is 0.710. The van der Waals surface area contributed by atoms with Gasteiger partial charge in [0, 0.05) is 0 Å². The molecule has 0 unspecified atom stereocenters. The van der Waals surface area contributed by atoms with Crippen LogP contribution in [-0.4, -0.2) is 57.9 Å². The van der Waals surface area contributed by atoms with E-state index in [-0.39, 0.29) is 0 Å². The zero-order valence-electron chi connectivity index (χ0n) is 11.9. The lowest BCUT2D eigenvalue weighted by atomic mass is 11.3. The summed E-state index contributed by atoms with van der Waals surface area (Å²) in [7, 11) is -1.34. The molecular formula is C8H26N2O2Si4. The van der Waals surface area contributed by atoms with E-state index in [1.807, 2.05) is 0 Å². The van der Waals surface area contributed by atoms with Gasteiger partial charge in [0.1, 0.15) is 0 Å². The molecule has 1 aliphatic rings. The van der Waals surface area contributed by atoms with Gasteiger partial charge in [0.15, 0.2) is 9.84 Å². The molecule has 4 nitrogen and oxygen atoms in total. The first-order chi connectivity index (χ1) is 6.96. The van der Waals surface area contributed by atoms with Crippen LogP contribution in [0, 0.1) is 0 Å². The summed E-state index contributed by atoms with van der Waals surface area (Å²) >= 11 is 0. The fourth-order valence-electron chi connectivity index (χ4n) is 2.61. The van der Waals surface area contributed by atoms with Crippen LogP contribution in [-0.2, 0) is 8.23 Å². The van der Waals surface area contributed by atoms with Crippen molar-refractivity contribution >= 4 is 35.4 Å². The van der Waals surface area contributed by atoms with Crippen LogP contribution in [0.4, 0.5) is 0 Å². The lowest BCUT2D eigenvalue weighted by Crippen LogP contribution is -2.76. The average molecular weight is 295 g/mol. The molecule has 1 fully saturated rings. The smallest absolute Gasteiger partial charge is 0.312 e. The molecule has 0 saturated carbocycles. The molecule has 0 aliphatic carbocycles. The standard InChI is InChI=1S/C8H26N2O2Si4/c1-9(2)13-10-14(3,4)11-16(7,8)12-15(10,5)6/h13H2,1-8H3. The van der Waals surface area contributed by atoms with Crippen LogP contribution in [0.15, 0.2) is 0 Å². The third kappa shape index (κ3) is 3.35. The molecule has 0 aromatic heterocycles. The van der Waals surface area contributed by atoms with E-state index in [0.717, 1.165) is 0 Å². The van der Waals surface area contributed by atoms with Crippen LogP contribution in [0.1, 0.15) is 0 Å². The van der Waals surface area contributed by atoms with E-state index in [1.54, 1.807) is 0 Å². The predicted octanol–water partition coefficient (Wildman–Crippen LogP) is 1.00. The fourth-order valence-corrected chi connectivity index (χ4v) is 25.8. The van der Waals surface area contributed by atoms with Gasteiger partial charge in [-0.2, -0.15) is 0 Å². The Balaban J connectivity index is 2.97. The average Bonchev–Trinajstić information content (AvgIpc) is 1.92. The van der Waals surface area contributed by atoms with E-state index >= 15 is 0 Å². The highest BCUT2D eigenvalue weighted by Crippen LogP contribution is 2.32. The summed E-state index contributed by atoms with van der Waals surface area (Å²) in [5.74, 6) is 0. The summed E-state index contributed by atoms with van der Waals surface area (Å²) in [4.78, 5) is 0. The summed E-state index contributed by atoms with van der Waals surface area (Å²) in [6.07, 6.45) is 0. The SMILES string of the molecule is CN(C)[SiH2]N1[Si](C)(C)O[Si](C)(C)O[Si]1(C)C. The highest BCUT2D eigenvalue weighted by molar-refractivity contribution is 7.00. The van der Waals surface area contributed by atoms with Crippen LogP contribution >= 0.6 is 0 Å². The maximum absolute atomic E-state index is 6.33. The minimum absolute atomic E-state index is 0.394. The molecule has 0 atom stereocenters. The van der Waals surface area contributed by atoms with Gasteiger partial charge in [-0.25, -0.2) is 0 Å². The Morgan fingerprint density at radius 2 is 1.25 bits per heavy atom. The highest BCUT2D eigenvalue weighted by Gasteiger charge is 2.54. The third-order valence-electron chi connectivity index (χ3n) is 2.72. The number of nitrogens with zero attached hydrogens (tertiary/aromatic N) is 2. The topological polar surface area (TPSA) is 24.9 Å². The lowest BCUT2D eigenvalue weighted by molar-refractivity contribution is 0.321. The fraction of sp³-hybridized carbons (Fsp3) is 1.00. The van der Waals surface area contributed by atoms with Crippen molar-refractivity contribution in [1.82, 2.24) is 8.46 Å². The third-order valence-corrected chi connectivity index (χ3v) is 22.7. The lowest BCUT2D eigenvalue weighted by Gasteiger charge is -2.55.